The highest BCUT2D eigenvalue weighted by molar-refractivity contribution is 5.71. The number of unbranched alkanes of at least 4 members (excludes halogenated alkanes) is 32. The molecule has 0 unspecified atom stereocenters. The molecule has 6 nitrogen and oxygen atoms in total. The molecule has 0 N–H and O–H groups in total. The van der Waals surface area contributed by atoms with Crippen LogP contribution in [-0.2, 0) is 28.6 Å². The van der Waals surface area contributed by atoms with Crippen molar-refractivity contribution in [1.82, 2.24) is 0 Å². The highest BCUT2D eigenvalue weighted by atomic mass is 16.6. The van der Waals surface area contributed by atoms with Crippen LogP contribution in [0.5, 0.6) is 0 Å². The first kappa shape index (κ1) is 54.4. The third kappa shape index (κ3) is 43.5. The second kappa shape index (κ2) is 44.5. The fourth-order valence-electron chi connectivity index (χ4n) is 7.51. The monoisotopic (exact) mass is 793 g/mol. The van der Waals surface area contributed by atoms with Crippen LogP contribution in [0.25, 0.3) is 0 Å². The molecule has 0 heterocycles. The summed E-state index contributed by atoms with van der Waals surface area (Å²) in [5.41, 5.74) is 0. The van der Waals surface area contributed by atoms with E-state index >= 15 is 0 Å². The molecule has 0 bridgehead atoms. The van der Waals surface area contributed by atoms with Gasteiger partial charge in [0, 0.05) is 19.3 Å². The average molecular weight is 793 g/mol. The molecule has 0 saturated heterocycles. The predicted octanol–water partition coefficient (Wildman–Crippen LogP) is 15.9. The summed E-state index contributed by atoms with van der Waals surface area (Å²) >= 11 is 0. The summed E-state index contributed by atoms with van der Waals surface area (Å²) in [6, 6.07) is 0. The zero-order valence-corrected chi connectivity index (χ0v) is 38.1. The predicted molar refractivity (Wildman–Crippen MR) is 238 cm³/mol. The zero-order chi connectivity index (χ0) is 41.0. The molecule has 0 aromatic heterocycles. The van der Waals surface area contributed by atoms with Crippen molar-refractivity contribution < 1.29 is 28.6 Å². The Balaban J connectivity index is 4.05. The Morgan fingerprint density at radius 1 is 0.339 bits per heavy atom. The third-order valence-corrected chi connectivity index (χ3v) is 11.3. The lowest BCUT2D eigenvalue weighted by Crippen LogP contribution is -2.30. The number of hydrogen-bond donors (Lipinski definition) is 0. The topological polar surface area (TPSA) is 78.9 Å². The minimum Gasteiger partial charge on any atom is -0.462 e. The second-order valence-corrected chi connectivity index (χ2v) is 17.6. The van der Waals surface area contributed by atoms with Gasteiger partial charge in [-0.25, -0.2) is 0 Å². The van der Waals surface area contributed by atoms with Gasteiger partial charge in [-0.1, -0.05) is 240 Å². The summed E-state index contributed by atoms with van der Waals surface area (Å²) in [5, 5.41) is 0. The van der Waals surface area contributed by atoms with Crippen LogP contribution in [0, 0.1) is 5.92 Å². The van der Waals surface area contributed by atoms with E-state index in [2.05, 4.69) is 27.7 Å². The fourth-order valence-corrected chi connectivity index (χ4v) is 7.51. The highest BCUT2D eigenvalue weighted by Crippen LogP contribution is 2.17. The van der Waals surface area contributed by atoms with Gasteiger partial charge in [0.1, 0.15) is 13.2 Å². The lowest BCUT2D eigenvalue weighted by molar-refractivity contribution is -0.167. The van der Waals surface area contributed by atoms with Crippen LogP contribution in [0.1, 0.15) is 278 Å². The van der Waals surface area contributed by atoms with Crippen LogP contribution in [0.2, 0.25) is 0 Å². The summed E-state index contributed by atoms with van der Waals surface area (Å²) in [4.78, 5) is 37.5. The van der Waals surface area contributed by atoms with E-state index in [1.165, 1.54) is 167 Å². The Labute approximate surface area is 348 Å². The van der Waals surface area contributed by atoms with Gasteiger partial charge in [-0.3, -0.25) is 14.4 Å². The first-order valence-corrected chi connectivity index (χ1v) is 24.9. The number of ether oxygens (including phenoxy) is 3. The van der Waals surface area contributed by atoms with Crippen molar-refractivity contribution in [2.75, 3.05) is 13.2 Å². The maximum absolute atomic E-state index is 12.7. The van der Waals surface area contributed by atoms with Crippen LogP contribution in [0.15, 0.2) is 0 Å². The molecule has 1 atom stereocenters. The molecule has 0 spiro atoms. The quantitative estimate of drug-likeness (QED) is 0.0347. The zero-order valence-electron chi connectivity index (χ0n) is 38.1. The summed E-state index contributed by atoms with van der Waals surface area (Å²) in [5.74, 6) is -0.00370. The minimum atomic E-state index is -0.757. The Hall–Kier alpha value is -1.59. The lowest BCUT2D eigenvalue weighted by Gasteiger charge is -2.18. The van der Waals surface area contributed by atoms with Crippen LogP contribution < -0.4 is 0 Å². The third-order valence-electron chi connectivity index (χ3n) is 11.3. The summed E-state index contributed by atoms with van der Waals surface area (Å²) in [6.07, 6.45) is 45.5. The molecule has 0 fully saturated rings. The van der Waals surface area contributed by atoms with Gasteiger partial charge < -0.3 is 14.2 Å². The molecule has 0 aliphatic carbocycles. The smallest absolute Gasteiger partial charge is 0.306 e. The van der Waals surface area contributed by atoms with E-state index in [1.54, 1.807) is 0 Å². The number of esters is 3. The van der Waals surface area contributed by atoms with Gasteiger partial charge in [-0.2, -0.15) is 0 Å². The molecule has 56 heavy (non-hydrogen) atoms. The molecular weight excluding hydrogens is 697 g/mol. The van der Waals surface area contributed by atoms with Gasteiger partial charge in [0.2, 0.25) is 0 Å². The van der Waals surface area contributed by atoms with Crippen LogP contribution in [-0.4, -0.2) is 37.2 Å². The van der Waals surface area contributed by atoms with Gasteiger partial charge in [0.25, 0.3) is 0 Å². The number of carbonyl (C=O) groups is 3. The Bertz CT molecular complexity index is 841. The van der Waals surface area contributed by atoms with Gasteiger partial charge in [-0.15, -0.1) is 0 Å². The van der Waals surface area contributed by atoms with E-state index in [0.29, 0.717) is 19.3 Å². The van der Waals surface area contributed by atoms with Gasteiger partial charge >= 0.3 is 17.9 Å². The van der Waals surface area contributed by atoms with Crippen LogP contribution in [0.3, 0.4) is 0 Å². The molecule has 0 aromatic carbocycles. The van der Waals surface area contributed by atoms with Crippen LogP contribution in [0.4, 0.5) is 0 Å². The molecular formula is C50H96O6. The maximum Gasteiger partial charge on any atom is 0.306 e. The molecule has 0 aromatic rings. The van der Waals surface area contributed by atoms with E-state index in [4.69, 9.17) is 14.2 Å². The van der Waals surface area contributed by atoms with E-state index < -0.39 is 6.10 Å². The van der Waals surface area contributed by atoms with Gasteiger partial charge in [0.15, 0.2) is 6.10 Å². The van der Waals surface area contributed by atoms with E-state index in [0.717, 1.165) is 70.1 Å². The standard InChI is InChI=1S/C50H96O6/c1-5-7-9-11-12-13-14-24-28-31-35-39-43-50(53)56-47(44-54-48(51)41-37-32-10-8-6-2)45-55-49(52)42-38-34-30-27-25-22-20-18-16-15-17-19-21-23-26-29-33-36-40-46(3)4/h46-47H,5-45H2,1-4H3/t47-/m0/s1. The lowest BCUT2D eigenvalue weighted by atomic mass is 10.0. The molecule has 332 valence electrons. The van der Waals surface area contributed by atoms with Crippen molar-refractivity contribution in [2.24, 2.45) is 5.92 Å². The van der Waals surface area contributed by atoms with Crippen LogP contribution >= 0.6 is 0 Å². The maximum atomic E-state index is 12.7. The van der Waals surface area contributed by atoms with Crippen molar-refractivity contribution in [3.63, 3.8) is 0 Å². The normalized spacial score (nSPS) is 11.9. The van der Waals surface area contributed by atoms with Gasteiger partial charge in [-0.05, 0) is 25.2 Å². The largest absolute Gasteiger partial charge is 0.462 e. The fraction of sp³-hybridized carbons (Fsp3) is 0.940. The summed E-state index contributed by atoms with van der Waals surface area (Å²) in [6.45, 7) is 8.95. The van der Waals surface area contributed by atoms with Crippen molar-refractivity contribution >= 4 is 17.9 Å². The SMILES string of the molecule is CCCCCCCCCCCCCCC(=O)O[C@@H](COC(=O)CCCCCCC)COC(=O)CCCCCCCCCCCCCCCCCCCCC(C)C. The Morgan fingerprint density at radius 3 is 0.875 bits per heavy atom. The highest BCUT2D eigenvalue weighted by Gasteiger charge is 2.19. The number of carbonyl (C=O) groups excluding carboxylic acids is 3. The number of hydrogen-bond acceptors (Lipinski definition) is 6. The van der Waals surface area contributed by atoms with Crippen molar-refractivity contribution in [3.05, 3.63) is 0 Å². The van der Waals surface area contributed by atoms with Crippen molar-refractivity contribution in [2.45, 2.75) is 284 Å². The Morgan fingerprint density at radius 2 is 0.589 bits per heavy atom. The molecule has 0 radical (unpaired) electrons. The molecule has 6 heteroatoms. The molecule has 0 amide bonds. The minimum absolute atomic E-state index is 0.0640. The van der Waals surface area contributed by atoms with E-state index in [9.17, 15) is 14.4 Å². The van der Waals surface area contributed by atoms with E-state index in [-0.39, 0.29) is 31.1 Å². The van der Waals surface area contributed by atoms with Crippen molar-refractivity contribution in [1.29, 1.82) is 0 Å². The summed E-state index contributed by atoms with van der Waals surface area (Å²) in [7, 11) is 0. The summed E-state index contributed by atoms with van der Waals surface area (Å²) < 4.78 is 16.6. The average Bonchev–Trinajstić information content (AvgIpc) is 3.18. The molecule has 0 saturated carbocycles. The molecule has 0 aliphatic rings. The van der Waals surface area contributed by atoms with E-state index in [1.807, 2.05) is 0 Å². The first-order chi connectivity index (χ1) is 27.4. The van der Waals surface area contributed by atoms with Crippen molar-refractivity contribution in [3.8, 4) is 0 Å². The Kier molecular flexibility index (Phi) is 43.2. The number of rotatable bonds is 45. The second-order valence-electron chi connectivity index (χ2n) is 17.6. The van der Waals surface area contributed by atoms with Gasteiger partial charge in [0.05, 0.1) is 0 Å². The molecule has 0 rings (SSSR count). The first-order valence-electron chi connectivity index (χ1n) is 24.9. The molecule has 0 aliphatic heterocycles.